The van der Waals surface area contributed by atoms with Crippen molar-refractivity contribution in [2.45, 2.75) is 123 Å². The molecule has 7 amide bonds. The van der Waals surface area contributed by atoms with Crippen LogP contribution in [0.1, 0.15) is 105 Å². The highest BCUT2D eigenvalue weighted by Crippen LogP contribution is 2.65. The second-order valence-electron chi connectivity index (χ2n) is 17.0. The van der Waals surface area contributed by atoms with Crippen LogP contribution >= 0.6 is 0 Å². The van der Waals surface area contributed by atoms with Gasteiger partial charge in [0.15, 0.2) is 0 Å². The molecule has 0 aromatic heterocycles. The van der Waals surface area contributed by atoms with Crippen LogP contribution in [0.25, 0.3) is 0 Å². The third-order valence-corrected chi connectivity index (χ3v) is 11.3. The van der Waals surface area contributed by atoms with Crippen molar-refractivity contribution in [3.05, 3.63) is 35.9 Å². The molecule has 1 heterocycles. The maximum Gasteiger partial charge on any atom is 0.315 e. The molecule has 1 aromatic carbocycles. The molecule has 1 aliphatic heterocycles. The highest BCUT2D eigenvalue weighted by atomic mass is 16.2. The Kier molecular flexibility index (Phi) is 13.9. The van der Waals surface area contributed by atoms with Gasteiger partial charge in [0.1, 0.15) is 18.1 Å². The first-order valence-electron chi connectivity index (χ1n) is 19.4. The molecule has 1 saturated heterocycles. The van der Waals surface area contributed by atoms with Gasteiger partial charge in [-0.1, -0.05) is 104 Å². The first kappa shape index (κ1) is 42.3. The lowest BCUT2D eigenvalue weighted by atomic mass is 9.85. The molecule has 6 atom stereocenters. The lowest BCUT2D eigenvalue weighted by Crippen LogP contribution is -2.61. The molecule has 0 spiro atoms. The zero-order valence-electron chi connectivity index (χ0n) is 33.3. The SMILES string of the molecule is CCCCC(NC(=O)[C@@H]1C2[C@H](CN1C(=O)[C@@H](NC(=O)NC1CCCCC1)C(C)(C)C)C2(C)C)C(=O)C(=O)NCC(=O)N[C@H](C(=O)N(C)C)c1ccccc1. The topological polar surface area (TPSA) is 186 Å². The number of ketones is 1. The van der Waals surface area contributed by atoms with E-state index in [-0.39, 0.29) is 41.5 Å². The highest BCUT2D eigenvalue weighted by Gasteiger charge is 2.70. The summed E-state index contributed by atoms with van der Waals surface area (Å²) in [7, 11) is 3.13. The summed E-state index contributed by atoms with van der Waals surface area (Å²) in [5.74, 6) is -4.02. The number of carbonyl (C=O) groups is 7. The Morgan fingerprint density at radius 1 is 0.926 bits per heavy atom. The van der Waals surface area contributed by atoms with Crippen LogP contribution in [0.2, 0.25) is 0 Å². The maximum atomic E-state index is 14.3. The van der Waals surface area contributed by atoms with E-state index in [1.807, 2.05) is 41.5 Å². The summed E-state index contributed by atoms with van der Waals surface area (Å²) < 4.78 is 0. The van der Waals surface area contributed by atoms with E-state index in [9.17, 15) is 33.6 Å². The zero-order chi connectivity index (χ0) is 40.0. The number of rotatable bonds is 15. The lowest BCUT2D eigenvalue weighted by Gasteiger charge is -2.38. The molecule has 3 fully saturated rings. The molecule has 0 bridgehead atoms. The van der Waals surface area contributed by atoms with E-state index in [1.165, 1.54) is 9.80 Å². The third kappa shape index (κ3) is 10.2. The number of urea groups is 1. The molecule has 14 heteroatoms. The first-order valence-corrected chi connectivity index (χ1v) is 19.4. The van der Waals surface area contributed by atoms with Crippen molar-refractivity contribution in [3.63, 3.8) is 0 Å². The van der Waals surface area contributed by atoms with Gasteiger partial charge in [0.05, 0.1) is 12.6 Å². The molecule has 0 radical (unpaired) electrons. The largest absolute Gasteiger partial charge is 0.347 e. The molecule has 2 saturated carbocycles. The molecule has 2 aliphatic carbocycles. The van der Waals surface area contributed by atoms with Crippen molar-refractivity contribution in [1.29, 1.82) is 0 Å². The fraction of sp³-hybridized carbons (Fsp3) is 0.675. The van der Waals surface area contributed by atoms with Gasteiger partial charge in [-0.2, -0.15) is 0 Å². The number of fused-ring (bicyclic) bond motifs is 1. The van der Waals surface area contributed by atoms with Gasteiger partial charge in [0.2, 0.25) is 29.4 Å². The number of nitrogens with one attached hydrogen (secondary N) is 5. The lowest BCUT2D eigenvalue weighted by molar-refractivity contribution is -0.145. The normalized spacial score (nSPS) is 22.1. The van der Waals surface area contributed by atoms with Crippen molar-refractivity contribution in [3.8, 4) is 0 Å². The number of unbranched alkanes of at least 4 members (excludes halogenated alkanes) is 1. The molecule has 1 aromatic rings. The first-order chi connectivity index (χ1) is 25.4. The summed E-state index contributed by atoms with van der Waals surface area (Å²) in [6.07, 6.45) is 6.42. The molecule has 298 valence electrons. The fourth-order valence-corrected chi connectivity index (χ4v) is 7.98. The standard InChI is InChI=1S/C40H61N7O7/c1-9-10-21-27(32(49)35(51)41-22-28(48)44-30(36(52)46(7)8)24-17-13-11-14-18-24)43-34(50)31-29-26(40(29,5)6)23-47(31)37(53)33(39(2,3)4)45-38(54)42-25-19-15-12-16-20-25/h11,13-14,17-18,25-27,29-31,33H,9-10,12,15-16,19-23H2,1-8H3,(H,41,51)(H,43,50)(H,44,48)(H2,42,45,54)/t26-,27?,29?,30-,31-,33+/m0/s1. The predicted octanol–water partition coefficient (Wildman–Crippen LogP) is 2.82. The highest BCUT2D eigenvalue weighted by molar-refractivity contribution is 6.38. The smallest absolute Gasteiger partial charge is 0.315 e. The second kappa shape index (κ2) is 17.8. The molecular formula is C40H61N7O7. The van der Waals surface area contributed by atoms with Crippen LogP contribution in [0.3, 0.4) is 0 Å². The van der Waals surface area contributed by atoms with Gasteiger partial charge >= 0.3 is 6.03 Å². The predicted molar refractivity (Wildman–Crippen MR) is 204 cm³/mol. The molecule has 14 nitrogen and oxygen atoms in total. The zero-order valence-corrected chi connectivity index (χ0v) is 33.3. The summed E-state index contributed by atoms with van der Waals surface area (Å²) in [5, 5.41) is 13.7. The minimum absolute atomic E-state index is 0.0517. The van der Waals surface area contributed by atoms with Crippen LogP contribution in [0, 0.1) is 22.7 Å². The van der Waals surface area contributed by atoms with Gasteiger partial charge in [0, 0.05) is 26.7 Å². The summed E-state index contributed by atoms with van der Waals surface area (Å²) in [4.78, 5) is 97.0. The Hall–Kier alpha value is -4.49. The van der Waals surface area contributed by atoms with Gasteiger partial charge in [-0.3, -0.25) is 28.8 Å². The number of Topliss-reactive ketones (excluding diaryl/α,β-unsaturated/α-hetero) is 1. The van der Waals surface area contributed by atoms with Crippen molar-refractivity contribution >= 4 is 41.4 Å². The van der Waals surface area contributed by atoms with Crippen LogP contribution in [-0.2, 0) is 28.8 Å². The number of likely N-dealkylation sites (N-methyl/N-ethyl adjacent to an activating group) is 1. The maximum absolute atomic E-state index is 14.3. The third-order valence-electron chi connectivity index (χ3n) is 11.3. The average Bonchev–Trinajstić information content (AvgIpc) is 3.43. The second-order valence-corrected chi connectivity index (χ2v) is 17.0. The molecule has 5 N–H and O–H groups in total. The van der Waals surface area contributed by atoms with Crippen LogP contribution in [0.5, 0.6) is 0 Å². The number of benzene rings is 1. The van der Waals surface area contributed by atoms with E-state index in [0.717, 1.165) is 32.1 Å². The number of piperidine rings is 1. The summed E-state index contributed by atoms with van der Waals surface area (Å²) in [6.45, 7) is 11.4. The van der Waals surface area contributed by atoms with E-state index >= 15 is 0 Å². The number of carbonyl (C=O) groups excluding carboxylic acids is 7. The average molecular weight is 752 g/mol. The number of hydrogen-bond acceptors (Lipinski definition) is 7. The number of hydrogen-bond donors (Lipinski definition) is 5. The summed E-state index contributed by atoms with van der Waals surface area (Å²) >= 11 is 0. The number of nitrogens with zero attached hydrogens (tertiary/aromatic N) is 2. The van der Waals surface area contributed by atoms with Crippen molar-refractivity contribution in [2.75, 3.05) is 27.2 Å². The van der Waals surface area contributed by atoms with Gasteiger partial charge in [-0.15, -0.1) is 0 Å². The Morgan fingerprint density at radius 2 is 1.57 bits per heavy atom. The number of amides is 7. The minimum Gasteiger partial charge on any atom is -0.347 e. The monoisotopic (exact) mass is 751 g/mol. The Balaban J connectivity index is 1.44. The van der Waals surface area contributed by atoms with E-state index in [4.69, 9.17) is 0 Å². The van der Waals surface area contributed by atoms with E-state index in [1.54, 1.807) is 44.4 Å². The van der Waals surface area contributed by atoms with Crippen molar-refractivity contribution < 1.29 is 33.6 Å². The Bertz CT molecular complexity index is 1550. The molecule has 4 rings (SSSR count). The molecule has 2 unspecified atom stereocenters. The molecule has 54 heavy (non-hydrogen) atoms. The van der Waals surface area contributed by atoms with Crippen LogP contribution in [-0.4, -0.2) is 103 Å². The van der Waals surface area contributed by atoms with E-state index < -0.39 is 65.7 Å². The minimum atomic E-state index is -1.19. The van der Waals surface area contributed by atoms with Gasteiger partial charge in [-0.05, 0) is 47.5 Å². The Morgan fingerprint density at radius 3 is 2.17 bits per heavy atom. The summed E-state index contributed by atoms with van der Waals surface area (Å²) in [5.41, 5.74) is -0.335. The quantitative estimate of drug-likeness (QED) is 0.171. The van der Waals surface area contributed by atoms with Crippen LogP contribution in [0.15, 0.2) is 30.3 Å². The van der Waals surface area contributed by atoms with Crippen molar-refractivity contribution in [2.24, 2.45) is 22.7 Å². The van der Waals surface area contributed by atoms with Gasteiger partial charge in [0.25, 0.3) is 5.91 Å². The number of likely N-dealkylation sites (tertiary alicyclic amines) is 1. The summed E-state index contributed by atoms with van der Waals surface area (Å²) in [6, 6.07) is 4.31. The van der Waals surface area contributed by atoms with Crippen LogP contribution < -0.4 is 26.6 Å². The Labute approximate surface area is 319 Å². The van der Waals surface area contributed by atoms with Crippen molar-refractivity contribution in [1.82, 2.24) is 36.4 Å². The molecular weight excluding hydrogens is 690 g/mol. The fourth-order valence-electron chi connectivity index (χ4n) is 7.98. The van der Waals surface area contributed by atoms with E-state index in [0.29, 0.717) is 24.9 Å². The van der Waals surface area contributed by atoms with Gasteiger partial charge in [-0.25, -0.2) is 4.79 Å². The van der Waals surface area contributed by atoms with Crippen LogP contribution in [0.4, 0.5) is 4.79 Å². The molecule has 3 aliphatic rings. The van der Waals surface area contributed by atoms with Gasteiger partial charge < -0.3 is 36.4 Å². The van der Waals surface area contributed by atoms with E-state index in [2.05, 4.69) is 26.6 Å².